The van der Waals surface area contributed by atoms with Crippen LogP contribution in [0.5, 0.6) is 11.5 Å². The van der Waals surface area contributed by atoms with E-state index in [0.29, 0.717) is 17.2 Å². The second kappa shape index (κ2) is 5.93. The second-order valence-corrected chi connectivity index (χ2v) is 4.93. The molecule has 2 N–H and O–H groups in total. The summed E-state index contributed by atoms with van der Waals surface area (Å²) in [6.07, 6.45) is 0. The molecule has 1 heterocycles. The maximum Gasteiger partial charge on any atom is 0.246 e. The number of carbonyl (C=O) groups is 1. The van der Waals surface area contributed by atoms with Gasteiger partial charge in [0.05, 0.1) is 0 Å². The van der Waals surface area contributed by atoms with Crippen molar-refractivity contribution in [1.82, 2.24) is 0 Å². The third kappa shape index (κ3) is 3.11. The smallest absolute Gasteiger partial charge is 0.246 e. The molecule has 1 aliphatic rings. The molecule has 0 saturated heterocycles. The molecule has 1 aliphatic heterocycles. The Kier molecular flexibility index (Phi) is 3.82. The summed E-state index contributed by atoms with van der Waals surface area (Å²) in [6, 6.07) is 10.5. The van der Waals surface area contributed by atoms with Gasteiger partial charge in [0.25, 0.3) is 0 Å². The van der Waals surface area contributed by atoms with E-state index >= 15 is 0 Å². The standard InChI is InChI=1S/C16H15FN2O3/c1-10(16(20)19-12-4-2-11(17)3-5-12)18-13-6-7-14-15(8-13)22-9-21-14/h2-8,10,18H,9H2,1H3,(H,19,20)/t10-/m0/s1. The Hall–Kier alpha value is -2.76. The van der Waals surface area contributed by atoms with Crippen LogP contribution >= 0.6 is 0 Å². The highest BCUT2D eigenvalue weighted by Gasteiger charge is 2.16. The third-order valence-electron chi connectivity index (χ3n) is 3.26. The lowest BCUT2D eigenvalue weighted by Gasteiger charge is -2.15. The van der Waals surface area contributed by atoms with Gasteiger partial charge in [0.1, 0.15) is 11.9 Å². The van der Waals surface area contributed by atoms with E-state index in [-0.39, 0.29) is 18.5 Å². The molecule has 0 saturated carbocycles. The molecule has 1 amide bonds. The Morgan fingerprint density at radius 3 is 2.55 bits per heavy atom. The lowest BCUT2D eigenvalue weighted by atomic mass is 10.2. The Morgan fingerprint density at radius 2 is 1.77 bits per heavy atom. The molecule has 0 bridgehead atoms. The minimum absolute atomic E-state index is 0.208. The van der Waals surface area contributed by atoms with Crippen LogP contribution < -0.4 is 20.1 Å². The number of hydrogen-bond donors (Lipinski definition) is 2. The number of fused-ring (bicyclic) bond motifs is 1. The second-order valence-electron chi connectivity index (χ2n) is 4.93. The van der Waals surface area contributed by atoms with Gasteiger partial charge >= 0.3 is 0 Å². The van der Waals surface area contributed by atoms with E-state index in [2.05, 4.69) is 10.6 Å². The summed E-state index contributed by atoms with van der Waals surface area (Å²) >= 11 is 0. The zero-order valence-electron chi connectivity index (χ0n) is 11.9. The van der Waals surface area contributed by atoms with Crippen molar-refractivity contribution in [3.05, 3.63) is 48.3 Å². The van der Waals surface area contributed by atoms with Gasteiger partial charge in [-0.2, -0.15) is 0 Å². The molecule has 0 aliphatic carbocycles. The van der Waals surface area contributed by atoms with Crippen LogP contribution in [0.15, 0.2) is 42.5 Å². The molecule has 6 heteroatoms. The van der Waals surface area contributed by atoms with Crippen molar-refractivity contribution < 1.29 is 18.7 Å². The molecule has 0 unspecified atom stereocenters. The quantitative estimate of drug-likeness (QED) is 0.911. The monoisotopic (exact) mass is 302 g/mol. The molecule has 2 aromatic carbocycles. The van der Waals surface area contributed by atoms with E-state index in [9.17, 15) is 9.18 Å². The van der Waals surface area contributed by atoms with Crippen molar-refractivity contribution in [3.8, 4) is 11.5 Å². The van der Waals surface area contributed by atoms with Crippen LogP contribution in [0, 0.1) is 5.82 Å². The first-order valence-electron chi connectivity index (χ1n) is 6.84. The highest BCUT2D eigenvalue weighted by atomic mass is 19.1. The van der Waals surface area contributed by atoms with Crippen LogP contribution in [0.4, 0.5) is 15.8 Å². The number of hydrogen-bond acceptors (Lipinski definition) is 4. The molecule has 3 rings (SSSR count). The highest BCUT2D eigenvalue weighted by Crippen LogP contribution is 2.34. The van der Waals surface area contributed by atoms with Crippen molar-refractivity contribution in [1.29, 1.82) is 0 Å². The van der Waals surface area contributed by atoms with Gasteiger partial charge < -0.3 is 20.1 Å². The zero-order valence-corrected chi connectivity index (χ0v) is 11.9. The SMILES string of the molecule is C[C@H](Nc1ccc2c(c1)OCO2)C(=O)Nc1ccc(F)cc1. The lowest BCUT2D eigenvalue weighted by Crippen LogP contribution is -2.31. The third-order valence-corrected chi connectivity index (χ3v) is 3.26. The highest BCUT2D eigenvalue weighted by molar-refractivity contribution is 5.96. The van der Waals surface area contributed by atoms with E-state index in [1.807, 2.05) is 6.07 Å². The Morgan fingerprint density at radius 1 is 1.09 bits per heavy atom. The van der Waals surface area contributed by atoms with E-state index in [4.69, 9.17) is 9.47 Å². The molecule has 1 atom stereocenters. The predicted molar refractivity (Wildman–Crippen MR) is 80.7 cm³/mol. The number of rotatable bonds is 4. The number of amides is 1. The summed E-state index contributed by atoms with van der Waals surface area (Å²) in [4.78, 5) is 12.1. The molecule has 22 heavy (non-hydrogen) atoms. The minimum Gasteiger partial charge on any atom is -0.454 e. The summed E-state index contributed by atoms with van der Waals surface area (Å²) in [6.45, 7) is 1.95. The first-order valence-corrected chi connectivity index (χ1v) is 6.84. The molecule has 0 aromatic heterocycles. The number of benzene rings is 2. The van der Waals surface area contributed by atoms with Gasteiger partial charge in [0, 0.05) is 17.4 Å². The van der Waals surface area contributed by atoms with Gasteiger partial charge in [-0.25, -0.2) is 4.39 Å². The van der Waals surface area contributed by atoms with Crippen LogP contribution in [-0.2, 0) is 4.79 Å². The molecule has 0 spiro atoms. The average molecular weight is 302 g/mol. The van der Waals surface area contributed by atoms with Crippen molar-refractivity contribution in [3.63, 3.8) is 0 Å². The van der Waals surface area contributed by atoms with Crippen LogP contribution in [0.25, 0.3) is 0 Å². The molecule has 2 aromatic rings. The van der Waals surface area contributed by atoms with E-state index < -0.39 is 6.04 Å². The van der Waals surface area contributed by atoms with E-state index in [1.165, 1.54) is 24.3 Å². The number of anilines is 2. The molecule has 0 fully saturated rings. The average Bonchev–Trinajstić information content (AvgIpc) is 2.97. The Labute approximate surface area is 127 Å². The van der Waals surface area contributed by atoms with Crippen LogP contribution in [-0.4, -0.2) is 18.7 Å². The molecular formula is C16H15FN2O3. The van der Waals surface area contributed by atoms with E-state index in [0.717, 1.165) is 5.69 Å². The number of ether oxygens (including phenoxy) is 2. The molecule has 0 radical (unpaired) electrons. The van der Waals surface area contributed by atoms with Crippen molar-refractivity contribution in [2.24, 2.45) is 0 Å². The lowest BCUT2D eigenvalue weighted by molar-refractivity contribution is -0.116. The van der Waals surface area contributed by atoms with Gasteiger partial charge in [-0.1, -0.05) is 0 Å². The fourth-order valence-corrected chi connectivity index (χ4v) is 2.09. The first kappa shape index (κ1) is 14.2. The maximum atomic E-state index is 12.8. The van der Waals surface area contributed by atoms with Crippen LogP contribution in [0.3, 0.4) is 0 Å². The summed E-state index contributed by atoms with van der Waals surface area (Å²) < 4.78 is 23.4. The normalized spacial score (nSPS) is 13.5. The van der Waals surface area contributed by atoms with Crippen LogP contribution in [0.1, 0.15) is 6.92 Å². The van der Waals surface area contributed by atoms with Gasteiger partial charge in [-0.15, -0.1) is 0 Å². The largest absolute Gasteiger partial charge is 0.454 e. The Bertz CT molecular complexity index is 688. The van der Waals surface area contributed by atoms with Crippen molar-refractivity contribution in [2.75, 3.05) is 17.4 Å². The van der Waals surface area contributed by atoms with E-state index in [1.54, 1.807) is 19.1 Å². The van der Waals surface area contributed by atoms with Gasteiger partial charge in [-0.3, -0.25) is 4.79 Å². The molecular weight excluding hydrogens is 287 g/mol. The summed E-state index contributed by atoms with van der Waals surface area (Å²) in [7, 11) is 0. The summed E-state index contributed by atoms with van der Waals surface area (Å²) in [5.74, 6) is 0.777. The fraction of sp³-hybridized carbons (Fsp3) is 0.188. The zero-order chi connectivity index (χ0) is 15.5. The van der Waals surface area contributed by atoms with Gasteiger partial charge in [-0.05, 0) is 43.3 Å². The van der Waals surface area contributed by atoms with Crippen molar-refractivity contribution in [2.45, 2.75) is 13.0 Å². The molecule has 5 nitrogen and oxygen atoms in total. The predicted octanol–water partition coefficient (Wildman–Crippen LogP) is 2.99. The van der Waals surface area contributed by atoms with Gasteiger partial charge in [0.15, 0.2) is 11.5 Å². The Balaban J connectivity index is 1.62. The van der Waals surface area contributed by atoms with Gasteiger partial charge in [0.2, 0.25) is 12.7 Å². The first-order chi connectivity index (χ1) is 10.6. The maximum absolute atomic E-state index is 12.8. The summed E-state index contributed by atoms with van der Waals surface area (Å²) in [5.41, 5.74) is 1.30. The summed E-state index contributed by atoms with van der Waals surface area (Å²) in [5, 5.41) is 5.80. The fourth-order valence-electron chi connectivity index (χ4n) is 2.09. The topological polar surface area (TPSA) is 59.6 Å². The number of nitrogens with one attached hydrogen (secondary N) is 2. The number of carbonyl (C=O) groups excluding carboxylic acids is 1. The number of halogens is 1. The van der Waals surface area contributed by atoms with Crippen molar-refractivity contribution >= 4 is 17.3 Å². The minimum atomic E-state index is -0.467. The van der Waals surface area contributed by atoms with Crippen LogP contribution in [0.2, 0.25) is 0 Å². The molecule has 114 valence electrons.